The van der Waals surface area contributed by atoms with E-state index in [1.807, 2.05) is 0 Å². The minimum Gasteiger partial charge on any atom is -0.466 e. The van der Waals surface area contributed by atoms with Crippen molar-refractivity contribution in [1.29, 1.82) is 0 Å². The highest BCUT2D eigenvalue weighted by molar-refractivity contribution is 5.69. The van der Waals surface area contributed by atoms with Gasteiger partial charge in [0.05, 0.1) is 6.61 Å². The maximum atomic E-state index is 11.9. The summed E-state index contributed by atoms with van der Waals surface area (Å²) < 4.78 is 5.44. The number of hydrogen-bond donors (Lipinski definition) is 0. The first-order valence-corrected chi connectivity index (χ1v) is 14.5. The van der Waals surface area contributed by atoms with E-state index in [4.69, 9.17) is 4.74 Å². The molecule has 0 aliphatic rings. The van der Waals surface area contributed by atoms with Gasteiger partial charge in [0.15, 0.2) is 0 Å². The molecule has 0 saturated heterocycles. The minimum atomic E-state index is 0.00870. The van der Waals surface area contributed by atoms with E-state index in [0.717, 1.165) is 19.3 Å². The lowest BCUT2D eigenvalue weighted by atomic mass is 9.99. The molecule has 2 nitrogen and oxygen atoms in total. The average Bonchev–Trinajstić information content (AvgIpc) is 2.78. The second kappa shape index (κ2) is 26.5. The normalized spacial score (nSPS) is 12.5. The molecule has 0 aromatic carbocycles. The van der Waals surface area contributed by atoms with Gasteiger partial charge >= 0.3 is 5.97 Å². The van der Waals surface area contributed by atoms with Crippen LogP contribution in [0.3, 0.4) is 0 Å². The van der Waals surface area contributed by atoms with Gasteiger partial charge in [-0.1, -0.05) is 129 Å². The smallest absolute Gasteiger partial charge is 0.305 e. The first kappa shape index (κ1) is 31.2. The molecule has 0 radical (unpaired) electrons. The predicted molar refractivity (Wildman–Crippen MR) is 142 cm³/mol. The first-order chi connectivity index (χ1) is 15.7. The standard InChI is InChI=1S/C30H58O2/c1-4-6-8-10-12-13-14-15-16-17-18-19-20-22-24-26-30(31)32-28-27-29(3)25-23-21-11-9-7-5-2/h15-16,29H,4-14,17-28H2,1-3H3/b16-15-. The van der Waals surface area contributed by atoms with Gasteiger partial charge in [-0.15, -0.1) is 0 Å². The Morgan fingerprint density at radius 1 is 0.625 bits per heavy atom. The third-order valence-corrected chi connectivity index (χ3v) is 6.57. The molecule has 0 fully saturated rings. The molecule has 1 atom stereocenters. The largest absolute Gasteiger partial charge is 0.466 e. The lowest BCUT2D eigenvalue weighted by Crippen LogP contribution is -2.08. The van der Waals surface area contributed by atoms with Crippen molar-refractivity contribution in [1.82, 2.24) is 0 Å². The second-order valence-corrected chi connectivity index (χ2v) is 10.0. The molecule has 0 aromatic rings. The van der Waals surface area contributed by atoms with Crippen molar-refractivity contribution in [2.75, 3.05) is 6.61 Å². The lowest BCUT2D eigenvalue weighted by Gasteiger charge is -2.11. The van der Waals surface area contributed by atoms with E-state index in [1.165, 1.54) is 116 Å². The highest BCUT2D eigenvalue weighted by Gasteiger charge is 2.06. The van der Waals surface area contributed by atoms with E-state index in [2.05, 4.69) is 32.9 Å². The van der Waals surface area contributed by atoms with Crippen molar-refractivity contribution in [3.63, 3.8) is 0 Å². The van der Waals surface area contributed by atoms with Gasteiger partial charge in [-0.25, -0.2) is 0 Å². The molecule has 2 heteroatoms. The van der Waals surface area contributed by atoms with Crippen LogP contribution in [0.25, 0.3) is 0 Å². The highest BCUT2D eigenvalue weighted by atomic mass is 16.5. The van der Waals surface area contributed by atoms with Crippen LogP contribution in [0.2, 0.25) is 0 Å². The van der Waals surface area contributed by atoms with E-state index in [0.29, 0.717) is 18.9 Å². The van der Waals surface area contributed by atoms with E-state index >= 15 is 0 Å². The molecule has 1 unspecified atom stereocenters. The summed E-state index contributed by atoms with van der Waals surface area (Å²) in [6.45, 7) is 7.45. The zero-order chi connectivity index (χ0) is 23.5. The molecule has 0 spiro atoms. The SMILES string of the molecule is CCCCCCCC/C=C\CCCCCCCC(=O)OCCC(C)CCCCCCCC. The molecule has 0 rings (SSSR count). The number of ether oxygens (including phenoxy) is 1. The van der Waals surface area contributed by atoms with Crippen LogP contribution in [0, 0.1) is 5.92 Å². The summed E-state index contributed by atoms with van der Waals surface area (Å²) >= 11 is 0. The summed E-state index contributed by atoms with van der Waals surface area (Å²) in [5, 5.41) is 0. The fourth-order valence-electron chi connectivity index (χ4n) is 4.20. The average molecular weight is 451 g/mol. The van der Waals surface area contributed by atoms with Crippen molar-refractivity contribution in [2.45, 2.75) is 162 Å². The van der Waals surface area contributed by atoms with Gasteiger partial charge in [0, 0.05) is 6.42 Å². The molecule has 0 aliphatic heterocycles. The summed E-state index contributed by atoms with van der Waals surface area (Å²) in [5.41, 5.74) is 0. The number of esters is 1. The quantitative estimate of drug-likeness (QED) is 0.0785. The molecule has 0 bridgehead atoms. The number of carbonyl (C=O) groups is 1. The summed E-state index contributed by atoms with van der Waals surface area (Å²) in [6, 6.07) is 0. The zero-order valence-corrected chi connectivity index (χ0v) is 22.3. The van der Waals surface area contributed by atoms with E-state index < -0.39 is 0 Å². The van der Waals surface area contributed by atoms with Crippen LogP contribution in [0.4, 0.5) is 0 Å². The van der Waals surface area contributed by atoms with Crippen LogP contribution in [0.5, 0.6) is 0 Å². The Morgan fingerprint density at radius 3 is 1.66 bits per heavy atom. The number of hydrogen-bond acceptors (Lipinski definition) is 2. The molecule has 0 saturated carbocycles. The van der Waals surface area contributed by atoms with Crippen LogP contribution in [0.15, 0.2) is 12.2 Å². The van der Waals surface area contributed by atoms with Gasteiger partial charge in [-0.05, 0) is 44.4 Å². The predicted octanol–water partition coefficient (Wildman–Crippen LogP) is 10.3. The Kier molecular flexibility index (Phi) is 25.8. The van der Waals surface area contributed by atoms with Crippen molar-refractivity contribution in [3.8, 4) is 0 Å². The van der Waals surface area contributed by atoms with Gasteiger partial charge < -0.3 is 4.74 Å². The number of allylic oxidation sites excluding steroid dienone is 2. The van der Waals surface area contributed by atoms with Crippen LogP contribution in [-0.2, 0) is 9.53 Å². The lowest BCUT2D eigenvalue weighted by molar-refractivity contribution is -0.144. The van der Waals surface area contributed by atoms with E-state index in [-0.39, 0.29) is 5.97 Å². The molecular weight excluding hydrogens is 392 g/mol. The molecule has 0 aromatic heterocycles. The monoisotopic (exact) mass is 450 g/mol. The second-order valence-electron chi connectivity index (χ2n) is 10.0. The summed E-state index contributed by atoms with van der Waals surface area (Å²) in [5.74, 6) is 0.684. The molecule has 0 amide bonds. The molecular formula is C30H58O2. The van der Waals surface area contributed by atoms with Gasteiger partial charge in [0.25, 0.3) is 0 Å². The van der Waals surface area contributed by atoms with Crippen LogP contribution in [-0.4, -0.2) is 12.6 Å². The number of unbranched alkanes of at least 4 members (excludes halogenated alkanes) is 16. The Hall–Kier alpha value is -0.790. The maximum Gasteiger partial charge on any atom is 0.305 e. The fraction of sp³-hybridized carbons (Fsp3) is 0.900. The van der Waals surface area contributed by atoms with Crippen molar-refractivity contribution >= 4 is 5.97 Å². The molecule has 0 N–H and O–H groups in total. The summed E-state index contributed by atoms with van der Waals surface area (Å²) in [4.78, 5) is 11.9. The van der Waals surface area contributed by atoms with E-state index in [1.54, 1.807) is 0 Å². The Balaban J connectivity index is 3.31. The van der Waals surface area contributed by atoms with Crippen LogP contribution >= 0.6 is 0 Å². The van der Waals surface area contributed by atoms with Gasteiger partial charge in [-0.3, -0.25) is 4.79 Å². The number of rotatable bonds is 25. The van der Waals surface area contributed by atoms with Crippen LogP contribution < -0.4 is 0 Å². The van der Waals surface area contributed by atoms with E-state index in [9.17, 15) is 4.79 Å². The fourth-order valence-corrected chi connectivity index (χ4v) is 4.20. The maximum absolute atomic E-state index is 11.9. The molecule has 0 aliphatic carbocycles. The Bertz CT molecular complexity index is 402. The van der Waals surface area contributed by atoms with Gasteiger partial charge in [0.1, 0.15) is 0 Å². The summed E-state index contributed by atoms with van der Waals surface area (Å²) in [6.07, 6.45) is 32.5. The highest BCUT2D eigenvalue weighted by Crippen LogP contribution is 2.15. The third kappa shape index (κ3) is 25.5. The zero-order valence-electron chi connectivity index (χ0n) is 22.3. The third-order valence-electron chi connectivity index (χ3n) is 6.57. The molecule has 32 heavy (non-hydrogen) atoms. The molecule has 190 valence electrons. The number of carbonyl (C=O) groups excluding carboxylic acids is 1. The van der Waals surface area contributed by atoms with Crippen molar-refractivity contribution < 1.29 is 9.53 Å². The van der Waals surface area contributed by atoms with Crippen LogP contribution in [0.1, 0.15) is 162 Å². The van der Waals surface area contributed by atoms with Gasteiger partial charge in [0.2, 0.25) is 0 Å². The first-order valence-electron chi connectivity index (χ1n) is 14.5. The molecule has 0 heterocycles. The summed E-state index contributed by atoms with van der Waals surface area (Å²) in [7, 11) is 0. The van der Waals surface area contributed by atoms with Gasteiger partial charge in [-0.2, -0.15) is 0 Å². The topological polar surface area (TPSA) is 26.3 Å². The Morgan fingerprint density at radius 2 is 1.09 bits per heavy atom. The van der Waals surface area contributed by atoms with Crippen molar-refractivity contribution in [2.24, 2.45) is 5.92 Å². The van der Waals surface area contributed by atoms with Crippen molar-refractivity contribution in [3.05, 3.63) is 12.2 Å². The Labute approximate surface area is 202 Å². The minimum absolute atomic E-state index is 0.00870.